The molecule has 1 unspecified atom stereocenters. The van der Waals surface area contributed by atoms with Crippen LogP contribution in [0.15, 0.2) is 49.1 Å². The molecule has 2 N–H and O–H groups in total. The number of alkyl halides is 3. The van der Waals surface area contributed by atoms with Crippen LogP contribution in [-0.4, -0.2) is 65.8 Å². The highest BCUT2D eigenvalue weighted by atomic mass is 19.4. The first-order chi connectivity index (χ1) is 16.1. The number of carboxylic acids is 1. The van der Waals surface area contributed by atoms with Crippen LogP contribution in [0.5, 0.6) is 0 Å². The molecule has 0 aliphatic carbocycles. The number of cyclic esters (lactones) is 1. The molecule has 1 saturated heterocycles. The number of aromatic nitrogens is 6. The predicted molar refractivity (Wildman–Crippen MR) is 111 cm³/mol. The summed E-state index contributed by atoms with van der Waals surface area (Å²) in [6, 6.07) is 9.65. The van der Waals surface area contributed by atoms with Gasteiger partial charge in [0.05, 0.1) is 12.7 Å². The standard InChI is InChI=1S/C18H15N7O2.C2HF3O2/c1-11-9-24(18(26)27-11)15-6-7-25-17(22-15)14(8-21-25)12-2-4-13(5-3-12)16-19-10-20-23-16;3-2(4,5)1(6)7/h2-8,10-11H,9H2,1H3,(H,19,20,23);(H,6,7). The number of rotatable bonds is 3. The number of carboxylic acid groups (broad SMARTS) is 1. The summed E-state index contributed by atoms with van der Waals surface area (Å²) in [6.45, 7) is 2.34. The first-order valence-electron chi connectivity index (χ1n) is 9.72. The molecule has 1 aromatic carbocycles. The Morgan fingerprint density at radius 2 is 1.88 bits per heavy atom. The van der Waals surface area contributed by atoms with Gasteiger partial charge in [0.1, 0.15) is 18.2 Å². The van der Waals surface area contributed by atoms with Crippen molar-refractivity contribution in [3.63, 3.8) is 0 Å². The van der Waals surface area contributed by atoms with E-state index in [0.717, 1.165) is 16.7 Å². The number of H-pyrrole nitrogens is 1. The van der Waals surface area contributed by atoms with Crippen LogP contribution in [0.25, 0.3) is 28.2 Å². The van der Waals surface area contributed by atoms with Crippen molar-refractivity contribution in [1.82, 2.24) is 29.8 Å². The highest BCUT2D eigenvalue weighted by Gasteiger charge is 2.38. The van der Waals surface area contributed by atoms with E-state index in [1.54, 1.807) is 23.0 Å². The molecule has 14 heteroatoms. The van der Waals surface area contributed by atoms with Crippen LogP contribution >= 0.6 is 0 Å². The number of fused-ring (bicyclic) bond motifs is 1. The minimum absolute atomic E-state index is 0.149. The van der Waals surface area contributed by atoms with Crippen LogP contribution < -0.4 is 4.90 Å². The second-order valence-electron chi connectivity index (χ2n) is 7.13. The lowest BCUT2D eigenvalue weighted by atomic mass is 10.1. The molecule has 0 spiro atoms. The number of aromatic amines is 1. The summed E-state index contributed by atoms with van der Waals surface area (Å²) in [5.74, 6) is -1.49. The van der Waals surface area contributed by atoms with Crippen molar-refractivity contribution in [2.45, 2.75) is 19.2 Å². The highest BCUT2D eigenvalue weighted by Crippen LogP contribution is 2.28. The molecular formula is C20H16F3N7O4. The maximum atomic E-state index is 12.0. The first-order valence-corrected chi connectivity index (χ1v) is 9.72. The summed E-state index contributed by atoms with van der Waals surface area (Å²) in [6.07, 6.45) is -0.578. The molecule has 0 saturated carbocycles. The fourth-order valence-corrected chi connectivity index (χ4v) is 3.16. The van der Waals surface area contributed by atoms with Crippen molar-refractivity contribution in [2.75, 3.05) is 11.4 Å². The van der Waals surface area contributed by atoms with E-state index in [1.165, 1.54) is 11.2 Å². The molecule has 0 bridgehead atoms. The van der Waals surface area contributed by atoms with Crippen LogP contribution in [0.2, 0.25) is 0 Å². The Bertz CT molecular complexity index is 1320. The van der Waals surface area contributed by atoms with Crippen molar-refractivity contribution in [2.24, 2.45) is 0 Å². The van der Waals surface area contributed by atoms with Crippen molar-refractivity contribution in [1.29, 1.82) is 0 Å². The fraction of sp³-hybridized carbons (Fsp3) is 0.200. The molecule has 4 heterocycles. The van der Waals surface area contributed by atoms with E-state index in [-0.39, 0.29) is 12.2 Å². The van der Waals surface area contributed by atoms with Gasteiger partial charge < -0.3 is 9.84 Å². The minimum Gasteiger partial charge on any atom is -0.475 e. The van der Waals surface area contributed by atoms with E-state index in [0.29, 0.717) is 23.8 Å². The number of carbonyl (C=O) groups is 2. The van der Waals surface area contributed by atoms with E-state index in [1.807, 2.05) is 31.2 Å². The molecule has 176 valence electrons. The van der Waals surface area contributed by atoms with Crippen molar-refractivity contribution < 1.29 is 32.6 Å². The van der Waals surface area contributed by atoms with Crippen LogP contribution in [0.3, 0.4) is 0 Å². The van der Waals surface area contributed by atoms with Gasteiger partial charge in [0.15, 0.2) is 11.5 Å². The van der Waals surface area contributed by atoms with E-state index in [2.05, 4.69) is 25.3 Å². The van der Waals surface area contributed by atoms with Gasteiger partial charge in [0.2, 0.25) is 0 Å². The Kier molecular flexibility index (Phi) is 5.88. The number of benzene rings is 1. The number of hydrogen-bond donors (Lipinski definition) is 2. The summed E-state index contributed by atoms with van der Waals surface area (Å²) in [5, 5.41) is 18.2. The van der Waals surface area contributed by atoms with Crippen LogP contribution in [0.1, 0.15) is 6.92 Å². The van der Waals surface area contributed by atoms with E-state index < -0.39 is 12.1 Å². The zero-order chi connectivity index (χ0) is 24.5. The van der Waals surface area contributed by atoms with Gasteiger partial charge in [-0.1, -0.05) is 24.3 Å². The maximum absolute atomic E-state index is 12.0. The summed E-state index contributed by atoms with van der Waals surface area (Å²) in [4.78, 5) is 31.2. The largest absolute Gasteiger partial charge is 0.490 e. The average Bonchev–Trinajstić information content (AvgIpc) is 3.53. The number of hydrogen-bond acceptors (Lipinski definition) is 7. The van der Waals surface area contributed by atoms with E-state index in [9.17, 15) is 18.0 Å². The number of aliphatic carboxylic acids is 1. The predicted octanol–water partition coefficient (Wildman–Crippen LogP) is 3.16. The third-order valence-electron chi connectivity index (χ3n) is 4.72. The summed E-state index contributed by atoms with van der Waals surface area (Å²) < 4.78 is 38.6. The Hall–Kier alpha value is -4.49. The third-order valence-corrected chi connectivity index (χ3v) is 4.72. The van der Waals surface area contributed by atoms with Gasteiger partial charge in [0.25, 0.3) is 0 Å². The van der Waals surface area contributed by atoms with E-state index >= 15 is 0 Å². The average molecular weight is 475 g/mol. The lowest BCUT2D eigenvalue weighted by Crippen LogP contribution is -2.25. The SMILES string of the molecule is CC1CN(c2ccn3ncc(-c4ccc(-c5ncn[nH]5)cc4)c3n2)C(=O)O1.O=C(O)C(F)(F)F. The number of carbonyl (C=O) groups excluding carboxylic acids is 1. The van der Waals surface area contributed by atoms with Crippen molar-refractivity contribution >= 4 is 23.5 Å². The second-order valence-corrected chi connectivity index (χ2v) is 7.13. The Morgan fingerprint density at radius 1 is 1.21 bits per heavy atom. The number of ether oxygens (including phenoxy) is 1. The number of halogens is 3. The molecule has 1 amide bonds. The zero-order valence-corrected chi connectivity index (χ0v) is 17.4. The van der Waals surface area contributed by atoms with Gasteiger partial charge in [-0.05, 0) is 18.6 Å². The van der Waals surface area contributed by atoms with Gasteiger partial charge >= 0.3 is 18.2 Å². The number of nitrogens with one attached hydrogen (secondary N) is 1. The monoisotopic (exact) mass is 475 g/mol. The Labute approximate surface area is 188 Å². The number of anilines is 1. The molecule has 34 heavy (non-hydrogen) atoms. The topological polar surface area (TPSA) is 139 Å². The molecular weight excluding hydrogens is 459 g/mol. The van der Waals surface area contributed by atoms with Gasteiger partial charge in [-0.15, -0.1) is 0 Å². The maximum Gasteiger partial charge on any atom is 0.490 e. The van der Waals surface area contributed by atoms with Crippen LogP contribution in [0, 0.1) is 0 Å². The minimum atomic E-state index is -5.08. The van der Waals surface area contributed by atoms with Gasteiger partial charge in [-0.3, -0.25) is 10.00 Å². The van der Waals surface area contributed by atoms with E-state index in [4.69, 9.17) is 14.6 Å². The summed E-state index contributed by atoms with van der Waals surface area (Å²) in [5.41, 5.74) is 3.46. The molecule has 5 rings (SSSR count). The van der Waals surface area contributed by atoms with Gasteiger partial charge in [-0.25, -0.2) is 24.1 Å². The molecule has 3 aromatic heterocycles. The summed E-state index contributed by atoms with van der Waals surface area (Å²) in [7, 11) is 0. The Balaban J connectivity index is 0.000000344. The Morgan fingerprint density at radius 3 is 2.44 bits per heavy atom. The highest BCUT2D eigenvalue weighted by molar-refractivity contribution is 5.89. The smallest absolute Gasteiger partial charge is 0.475 e. The van der Waals surface area contributed by atoms with Gasteiger partial charge in [0, 0.05) is 17.3 Å². The number of amides is 1. The quantitative estimate of drug-likeness (QED) is 0.461. The molecule has 1 fully saturated rings. The fourth-order valence-electron chi connectivity index (χ4n) is 3.16. The normalized spacial score (nSPS) is 15.7. The molecule has 0 radical (unpaired) electrons. The summed E-state index contributed by atoms with van der Waals surface area (Å²) >= 11 is 0. The zero-order valence-electron chi connectivity index (χ0n) is 17.4. The van der Waals surface area contributed by atoms with Crippen LogP contribution in [0.4, 0.5) is 23.8 Å². The second kappa shape index (κ2) is 8.80. The first kappa shape index (κ1) is 22.7. The van der Waals surface area contributed by atoms with Crippen molar-refractivity contribution in [3.05, 3.63) is 49.1 Å². The third kappa shape index (κ3) is 4.65. The van der Waals surface area contributed by atoms with Crippen molar-refractivity contribution in [3.8, 4) is 22.5 Å². The molecule has 11 nitrogen and oxygen atoms in total. The number of nitrogens with zero attached hydrogens (tertiary/aromatic N) is 6. The lowest BCUT2D eigenvalue weighted by molar-refractivity contribution is -0.192. The van der Waals surface area contributed by atoms with Crippen LogP contribution in [-0.2, 0) is 9.53 Å². The van der Waals surface area contributed by atoms with Gasteiger partial charge in [-0.2, -0.15) is 23.4 Å². The molecule has 4 aromatic rings. The molecule has 1 aliphatic heterocycles. The molecule has 1 aliphatic rings. The lowest BCUT2D eigenvalue weighted by Gasteiger charge is -2.11. The molecule has 1 atom stereocenters.